The van der Waals surface area contributed by atoms with Gasteiger partial charge in [0.05, 0.1) is 23.8 Å². The van der Waals surface area contributed by atoms with E-state index in [1.165, 1.54) is 5.56 Å². The molecule has 0 spiro atoms. The summed E-state index contributed by atoms with van der Waals surface area (Å²) in [7, 11) is 0. The third kappa shape index (κ3) is 3.35. The molecule has 0 saturated carbocycles. The monoisotopic (exact) mass is 365 g/mol. The van der Waals surface area contributed by atoms with Crippen LogP contribution < -0.4 is 5.73 Å². The smallest absolute Gasteiger partial charge is 0.142 e. The molecule has 0 radical (unpaired) electrons. The van der Waals surface area contributed by atoms with Crippen molar-refractivity contribution in [2.75, 3.05) is 32.0 Å². The number of nitrogens with one attached hydrogen (secondary N) is 1. The minimum Gasteiger partial charge on any atom is -0.383 e. The number of thiophene rings is 1. The molecular weight excluding hydrogens is 346 g/mol. The molecule has 26 heavy (non-hydrogen) atoms. The Kier molecular flexibility index (Phi) is 4.71. The van der Waals surface area contributed by atoms with Crippen molar-refractivity contribution in [1.29, 1.82) is 5.26 Å². The van der Waals surface area contributed by atoms with Crippen molar-refractivity contribution in [2.24, 2.45) is 0 Å². The Morgan fingerprint density at radius 3 is 2.92 bits per heavy atom. The van der Waals surface area contributed by atoms with E-state index in [-0.39, 0.29) is 5.82 Å². The van der Waals surface area contributed by atoms with E-state index in [1.807, 2.05) is 24.4 Å². The van der Waals surface area contributed by atoms with Crippen LogP contribution in [-0.2, 0) is 11.3 Å². The number of nitrogen functional groups attached to an aromatic ring is 1. The third-order valence-corrected chi connectivity index (χ3v) is 5.46. The van der Waals surface area contributed by atoms with Crippen LogP contribution in [0.5, 0.6) is 0 Å². The molecule has 1 aliphatic heterocycles. The molecule has 0 amide bonds. The largest absolute Gasteiger partial charge is 0.383 e. The van der Waals surface area contributed by atoms with E-state index >= 15 is 0 Å². The van der Waals surface area contributed by atoms with Gasteiger partial charge in [0.2, 0.25) is 0 Å². The quantitative estimate of drug-likeness (QED) is 0.741. The maximum absolute atomic E-state index is 9.45. The lowest BCUT2D eigenvalue weighted by atomic mass is 10.0. The van der Waals surface area contributed by atoms with Gasteiger partial charge < -0.3 is 15.5 Å². The second-order valence-corrected chi connectivity index (χ2v) is 7.13. The Morgan fingerprint density at radius 2 is 2.19 bits per heavy atom. The van der Waals surface area contributed by atoms with Crippen molar-refractivity contribution in [2.45, 2.75) is 6.54 Å². The fourth-order valence-corrected chi connectivity index (χ4v) is 3.99. The molecule has 3 aromatic rings. The number of aromatic nitrogens is 2. The van der Waals surface area contributed by atoms with Crippen LogP contribution in [0.25, 0.3) is 21.8 Å². The van der Waals surface area contributed by atoms with Crippen LogP contribution in [0, 0.1) is 11.3 Å². The molecule has 0 aliphatic carbocycles. The van der Waals surface area contributed by atoms with Crippen LogP contribution in [-0.4, -0.2) is 41.2 Å². The second kappa shape index (κ2) is 7.30. The topological polar surface area (TPSA) is 91.0 Å². The number of nitriles is 1. The zero-order chi connectivity index (χ0) is 17.9. The summed E-state index contributed by atoms with van der Waals surface area (Å²) in [5, 5.41) is 11.6. The molecule has 3 N–H and O–H groups in total. The summed E-state index contributed by atoms with van der Waals surface area (Å²) < 4.78 is 5.40. The molecule has 0 atom stereocenters. The normalized spacial score (nSPS) is 15.0. The number of nitrogens with zero attached hydrogens (tertiary/aromatic N) is 3. The molecule has 7 heteroatoms. The highest BCUT2D eigenvalue weighted by molar-refractivity contribution is 7.13. The molecule has 1 saturated heterocycles. The Balaban J connectivity index is 1.65. The van der Waals surface area contributed by atoms with Gasteiger partial charge in [0, 0.05) is 37.1 Å². The molecule has 1 aliphatic rings. The summed E-state index contributed by atoms with van der Waals surface area (Å²) >= 11 is 1.65. The first-order valence-electron chi connectivity index (χ1n) is 8.47. The van der Waals surface area contributed by atoms with Crippen molar-refractivity contribution < 1.29 is 4.74 Å². The second-order valence-electron chi connectivity index (χ2n) is 6.22. The lowest BCUT2D eigenvalue weighted by molar-refractivity contribution is 0.0342. The van der Waals surface area contributed by atoms with E-state index in [2.05, 4.69) is 32.4 Å². The third-order valence-electron chi connectivity index (χ3n) is 4.46. The zero-order valence-corrected chi connectivity index (χ0v) is 15.1. The number of hydrogen-bond acceptors (Lipinski definition) is 6. The first kappa shape index (κ1) is 16.8. The van der Waals surface area contributed by atoms with Gasteiger partial charge in [-0.15, -0.1) is 11.3 Å². The van der Waals surface area contributed by atoms with Gasteiger partial charge in [-0.25, -0.2) is 4.98 Å². The predicted octanol–water partition coefficient (Wildman–Crippen LogP) is 3.09. The van der Waals surface area contributed by atoms with Crippen LogP contribution in [0.3, 0.4) is 0 Å². The summed E-state index contributed by atoms with van der Waals surface area (Å²) in [5.74, 6) is 0.262. The van der Waals surface area contributed by atoms with Crippen LogP contribution >= 0.6 is 11.3 Å². The van der Waals surface area contributed by atoms with Crippen LogP contribution in [0.15, 0.2) is 35.8 Å². The fraction of sp³-hybridized carbons (Fsp3) is 0.263. The Bertz CT molecular complexity index is 935. The summed E-state index contributed by atoms with van der Waals surface area (Å²) in [5.41, 5.74) is 10.2. The number of anilines is 1. The average Bonchev–Trinajstić information content (AvgIpc) is 3.34. The molecule has 3 aromatic heterocycles. The number of H-pyrrole nitrogens is 1. The average molecular weight is 365 g/mol. The number of pyridine rings is 1. The van der Waals surface area contributed by atoms with E-state index in [1.54, 1.807) is 11.3 Å². The van der Waals surface area contributed by atoms with Gasteiger partial charge in [-0.2, -0.15) is 5.26 Å². The first-order valence-corrected chi connectivity index (χ1v) is 9.35. The Labute approximate surface area is 155 Å². The van der Waals surface area contributed by atoms with Crippen molar-refractivity contribution in [3.8, 4) is 27.9 Å². The molecule has 1 fully saturated rings. The van der Waals surface area contributed by atoms with E-state index in [0.717, 1.165) is 54.7 Å². The SMILES string of the molecule is N#Cc1c(-c2ccc[nH]2)cc(-c2cc(CN3CCOCC3)cs2)nc1N. The predicted molar refractivity (Wildman–Crippen MR) is 103 cm³/mol. The number of nitrogens with two attached hydrogens (primary N) is 1. The first-order chi connectivity index (χ1) is 12.7. The zero-order valence-electron chi connectivity index (χ0n) is 14.2. The number of ether oxygens (including phenoxy) is 1. The Hall–Kier alpha value is -2.66. The van der Waals surface area contributed by atoms with Gasteiger partial charge in [-0.1, -0.05) is 0 Å². The van der Waals surface area contributed by atoms with Crippen molar-refractivity contribution >= 4 is 17.2 Å². The number of rotatable bonds is 4. The summed E-state index contributed by atoms with van der Waals surface area (Å²) in [6.07, 6.45) is 1.83. The minimum absolute atomic E-state index is 0.262. The van der Waals surface area contributed by atoms with Gasteiger partial charge in [-0.05, 0) is 35.2 Å². The van der Waals surface area contributed by atoms with Gasteiger partial charge in [0.15, 0.2) is 0 Å². The van der Waals surface area contributed by atoms with Crippen LogP contribution in [0.4, 0.5) is 5.82 Å². The lowest BCUT2D eigenvalue weighted by Crippen LogP contribution is -2.35. The molecule has 0 aromatic carbocycles. The summed E-state index contributed by atoms with van der Waals surface area (Å²) in [6.45, 7) is 4.43. The van der Waals surface area contributed by atoms with E-state index in [4.69, 9.17) is 10.5 Å². The summed E-state index contributed by atoms with van der Waals surface area (Å²) in [6, 6.07) is 10.1. The van der Waals surface area contributed by atoms with E-state index < -0.39 is 0 Å². The number of morpholine rings is 1. The van der Waals surface area contributed by atoms with Crippen molar-refractivity contribution in [1.82, 2.24) is 14.9 Å². The van der Waals surface area contributed by atoms with Crippen molar-refractivity contribution in [3.63, 3.8) is 0 Å². The van der Waals surface area contributed by atoms with Crippen LogP contribution in [0.2, 0.25) is 0 Å². The van der Waals surface area contributed by atoms with E-state index in [9.17, 15) is 5.26 Å². The molecule has 6 nitrogen and oxygen atoms in total. The highest BCUT2D eigenvalue weighted by Crippen LogP contribution is 2.33. The number of aromatic amines is 1. The summed E-state index contributed by atoms with van der Waals surface area (Å²) in [4.78, 5) is 11.0. The van der Waals surface area contributed by atoms with E-state index in [0.29, 0.717) is 5.56 Å². The highest BCUT2D eigenvalue weighted by Gasteiger charge is 2.16. The molecule has 4 rings (SSSR count). The molecule has 0 unspecified atom stereocenters. The standard InChI is InChI=1S/C19H19N5OS/c20-10-15-14(16-2-1-3-22-16)9-17(23-19(15)21)18-8-13(12-26-18)11-24-4-6-25-7-5-24/h1-3,8-9,12,22H,4-7,11H2,(H2,21,23). The minimum atomic E-state index is 0.262. The van der Waals surface area contributed by atoms with Gasteiger partial charge >= 0.3 is 0 Å². The molecular formula is C19H19N5OS. The maximum Gasteiger partial charge on any atom is 0.142 e. The van der Waals surface area contributed by atoms with Crippen molar-refractivity contribution in [3.05, 3.63) is 47.0 Å². The van der Waals surface area contributed by atoms with Gasteiger partial charge in [-0.3, -0.25) is 4.90 Å². The number of hydrogen-bond donors (Lipinski definition) is 2. The highest BCUT2D eigenvalue weighted by atomic mass is 32.1. The van der Waals surface area contributed by atoms with Crippen LogP contribution in [0.1, 0.15) is 11.1 Å². The molecule has 4 heterocycles. The Morgan fingerprint density at radius 1 is 1.35 bits per heavy atom. The fourth-order valence-electron chi connectivity index (χ4n) is 3.13. The lowest BCUT2D eigenvalue weighted by Gasteiger charge is -2.26. The molecule has 0 bridgehead atoms. The maximum atomic E-state index is 9.45. The van der Waals surface area contributed by atoms with Gasteiger partial charge in [0.25, 0.3) is 0 Å². The van der Waals surface area contributed by atoms with Gasteiger partial charge in [0.1, 0.15) is 17.5 Å². The molecule has 132 valence electrons.